The highest BCUT2D eigenvalue weighted by atomic mass is 16.1. The zero-order valence-corrected chi connectivity index (χ0v) is 13.8. The SMILES string of the molecule is Cc1nnc(CNc2ccc(C(=O)NC(C)(C)C)cc2)n1C. The first-order valence-corrected chi connectivity index (χ1v) is 7.27. The van der Waals surface area contributed by atoms with E-state index in [0.717, 1.165) is 17.3 Å². The van der Waals surface area contributed by atoms with E-state index in [2.05, 4.69) is 20.8 Å². The largest absolute Gasteiger partial charge is 0.378 e. The number of aromatic nitrogens is 3. The Balaban J connectivity index is 1.97. The zero-order valence-electron chi connectivity index (χ0n) is 13.8. The Bertz CT molecular complexity index is 652. The van der Waals surface area contributed by atoms with E-state index in [4.69, 9.17) is 0 Å². The van der Waals surface area contributed by atoms with Crippen molar-refractivity contribution in [2.24, 2.45) is 7.05 Å². The van der Waals surface area contributed by atoms with Crippen LogP contribution in [0, 0.1) is 6.92 Å². The molecule has 2 rings (SSSR count). The fourth-order valence-electron chi connectivity index (χ4n) is 1.94. The predicted molar refractivity (Wildman–Crippen MR) is 86.7 cm³/mol. The average Bonchev–Trinajstić information content (AvgIpc) is 2.75. The van der Waals surface area contributed by atoms with E-state index in [1.54, 1.807) is 0 Å². The van der Waals surface area contributed by atoms with Crippen LogP contribution < -0.4 is 10.6 Å². The summed E-state index contributed by atoms with van der Waals surface area (Å²) in [6, 6.07) is 7.40. The molecule has 0 bridgehead atoms. The number of hydrogen-bond acceptors (Lipinski definition) is 4. The van der Waals surface area contributed by atoms with Crippen molar-refractivity contribution >= 4 is 11.6 Å². The molecule has 1 aromatic heterocycles. The monoisotopic (exact) mass is 301 g/mol. The van der Waals surface area contributed by atoms with Gasteiger partial charge in [-0.05, 0) is 52.0 Å². The summed E-state index contributed by atoms with van der Waals surface area (Å²) in [6.07, 6.45) is 0. The van der Waals surface area contributed by atoms with Gasteiger partial charge in [-0.25, -0.2) is 0 Å². The number of benzene rings is 1. The molecule has 2 N–H and O–H groups in total. The van der Waals surface area contributed by atoms with Crippen molar-refractivity contribution in [2.75, 3.05) is 5.32 Å². The number of anilines is 1. The van der Waals surface area contributed by atoms with Crippen LogP contribution in [-0.2, 0) is 13.6 Å². The van der Waals surface area contributed by atoms with Crippen molar-refractivity contribution in [1.29, 1.82) is 0 Å². The summed E-state index contributed by atoms with van der Waals surface area (Å²) in [5, 5.41) is 14.3. The lowest BCUT2D eigenvalue weighted by Crippen LogP contribution is -2.40. The van der Waals surface area contributed by atoms with Crippen molar-refractivity contribution in [3.8, 4) is 0 Å². The number of rotatable bonds is 4. The fraction of sp³-hybridized carbons (Fsp3) is 0.438. The summed E-state index contributed by atoms with van der Waals surface area (Å²) in [6.45, 7) is 8.39. The molecule has 0 fully saturated rings. The summed E-state index contributed by atoms with van der Waals surface area (Å²) in [5.74, 6) is 1.68. The van der Waals surface area contributed by atoms with Gasteiger partial charge in [-0.15, -0.1) is 10.2 Å². The summed E-state index contributed by atoms with van der Waals surface area (Å²) >= 11 is 0. The van der Waals surface area contributed by atoms with Gasteiger partial charge in [0.25, 0.3) is 5.91 Å². The van der Waals surface area contributed by atoms with Crippen LogP contribution in [0.2, 0.25) is 0 Å². The fourth-order valence-corrected chi connectivity index (χ4v) is 1.94. The van der Waals surface area contributed by atoms with Gasteiger partial charge >= 0.3 is 0 Å². The lowest BCUT2D eigenvalue weighted by Gasteiger charge is -2.20. The first-order chi connectivity index (χ1) is 10.3. The number of nitrogens with zero attached hydrogens (tertiary/aromatic N) is 3. The number of amides is 1. The van der Waals surface area contributed by atoms with E-state index < -0.39 is 0 Å². The van der Waals surface area contributed by atoms with Crippen molar-refractivity contribution in [3.05, 3.63) is 41.5 Å². The minimum Gasteiger partial charge on any atom is -0.378 e. The highest BCUT2D eigenvalue weighted by molar-refractivity contribution is 5.94. The molecule has 6 heteroatoms. The topological polar surface area (TPSA) is 71.8 Å². The average molecular weight is 301 g/mol. The van der Waals surface area contributed by atoms with E-state index in [1.807, 2.05) is 63.6 Å². The first kappa shape index (κ1) is 16.0. The zero-order chi connectivity index (χ0) is 16.3. The summed E-state index contributed by atoms with van der Waals surface area (Å²) in [7, 11) is 1.94. The third kappa shape index (κ3) is 4.07. The van der Waals surface area contributed by atoms with E-state index in [0.29, 0.717) is 12.1 Å². The summed E-state index contributed by atoms with van der Waals surface area (Å²) in [4.78, 5) is 12.0. The van der Waals surface area contributed by atoms with Crippen LogP contribution in [0.1, 0.15) is 42.8 Å². The smallest absolute Gasteiger partial charge is 0.251 e. The van der Waals surface area contributed by atoms with Gasteiger partial charge in [0.2, 0.25) is 0 Å². The van der Waals surface area contributed by atoms with Crippen LogP contribution in [0.25, 0.3) is 0 Å². The Hall–Kier alpha value is -2.37. The molecule has 0 saturated carbocycles. The molecule has 0 aliphatic rings. The third-order valence-electron chi connectivity index (χ3n) is 3.27. The molecule has 1 aromatic carbocycles. The molecule has 2 aromatic rings. The maximum atomic E-state index is 12.0. The molecule has 0 atom stereocenters. The minimum absolute atomic E-state index is 0.0667. The highest BCUT2D eigenvalue weighted by Crippen LogP contribution is 2.12. The molecular weight excluding hydrogens is 278 g/mol. The van der Waals surface area contributed by atoms with Crippen LogP contribution >= 0.6 is 0 Å². The Morgan fingerprint density at radius 3 is 2.32 bits per heavy atom. The van der Waals surface area contributed by atoms with Gasteiger partial charge in [0.05, 0.1) is 6.54 Å². The van der Waals surface area contributed by atoms with Gasteiger partial charge in [-0.3, -0.25) is 4.79 Å². The predicted octanol–water partition coefficient (Wildman–Crippen LogP) is 2.26. The first-order valence-electron chi connectivity index (χ1n) is 7.27. The van der Waals surface area contributed by atoms with E-state index >= 15 is 0 Å². The maximum absolute atomic E-state index is 12.0. The molecular formula is C16H23N5O. The van der Waals surface area contributed by atoms with Gasteiger partial charge in [0, 0.05) is 23.8 Å². The number of carbonyl (C=O) groups excluding carboxylic acids is 1. The molecule has 1 heterocycles. The van der Waals surface area contributed by atoms with Gasteiger partial charge in [0.15, 0.2) is 5.82 Å². The number of hydrogen-bond donors (Lipinski definition) is 2. The van der Waals surface area contributed by atoms with Crippen LogP contribution in [0.15, 0.2) is 24.3 Å². The quantitative estimate of drug-likeness (QED) is 0.908. The molecule has 118 valence electrons. The standard InChI is InChI=1S/C16H23N5O/c1-11-19-20-14(21(11)5)10-17-13-8-6-12(7-9-13)15(22)18-16(2,3)4/h6-9,17H,10H2,1-5H3,(H,18,22). The van der Waals surface area contributed by atoms with Crippen molar-refractivity contribution < 1.29 is 4.79 Å². The number of aryl methyl sites for hydroxylation is 1. The number of nitrogens with one attached hydrogen (secondary N) is 2. The third-order valence-corrected chi connectivity index (χ3v) is 3.27. The van der Waals surface area contributed by atoms with Crippen LogP contribution in [-0.4, -0.2) is 26.2 Å². The number of carbonyl (C=O) groups is 1. The van der Waals surface area contributed by atoms with Crippen LogP contribution in [0.5, 0.6) is 0 Å². The van der Waals surface area contributed by atoms with Crippen LogP contribution in [0.4, 0.5) is 5.69 Å². The minimum atomic E-state index is -0.239. The van der Waals surface area contributed by atoms with Crippen molar-refractivity contribution in [3.63, 3.8) is 0 Å². The Morgan fingerprint density at radius 2 is 1.82 bits per heavy atom. The molecule has 1 amide bonds. The van der Waals surface area contributed by atoms with Crippen LogP contribution in [0.3, 0.4) is 0 Å². The van der Waals surface area contributed by atoms with Crippen molar-refractivity contribution in [2.45, 2.75) is 39.8 Å². The molecule has 6 nitrogen and oxygen atoms in total. The maximum Gasteiger partial charge on any atom is 0.251 e. The lowest BCUT2D eigenvalue weighted by atomic mass is 10.1. The summed E-state index contributed by atoms with van der Waals surface area (Å²) < 4.78 is 1.94. The summed E-state index contributed by atoms with van der Waals surface area (Å²) in [5.41, 5.74) is 1.35. The van der Waals surface area contributed by atoms with E-state index in [9.17, 15) is 4.79 Å². The Kier molecular flexibility index (Phi) is 4.49. The highest BCUT2D eigenvalue weighted by Gasteiger charge is 2.15. The van der Waals surface area contributed by atoms with Gasteiger partial charge in [-0.2, -0.15) is 0 Å². The van der Waals surface area contributed by atoms with Gasteiger partial charge in [0.1, 0.15) is 5.82 Å². The molecule has 0 spiro atoms. The lowest BCUT2D eigenvalue weighted by molar-refractivity contribution is 0.0919. The van der Waals surface area contributed by atoms with E-state index in [1.165, 1.54) is 0 Å². The molecule has 0 aliphatic carbocycles. The normalized spacial score (nSPS) is 11.3. The Labute approximate surface area is 130 Å². The molecule has 0 radical (unpaired) electrons. The van der Waals surface area contributed by atoms with Crippen molar-refractivity contribution in [1.82, 2.24) is 20.1 Å². The van der Waals surface area contributed by atoms with Gasteiger partial charge < -0.3 is 15.2 Å². The molecule has 0 aliphatic heterocycles. The molecule has 0 unspecified atom stereocenters. The second-order valence-electron chi connectivity index (χ2n) is 6.36. The van der Waals surface area contributed by atoms with Gasteiger partial charge in [-0.1, -0.05) is 0 Å². The second-order valence-corrected chi connectivity index (χ2v) is 6.36. The van der Waals surface area contributed by atoms with E-state index in [-0.39, 0.29) is 11.4 Å². The Morgan fingerprint density at radius 1 is 1.18 bits per heavy atom. The second kappa shape index (κ2) is 6.17. The molecule has 22 heavy (non-hydrogen) atoms. The molecule has 0 saturated heterocycles.